The van der Waals surface area contributed by atoms with Gasteiger partial charge in [0.05, 0.1) is 13.7 Å². The van der Waals surface area contributed by atoms with Crippen molar-refractivity contribution in [1.29, 1.82) is 0 Å². The zero-order chi connectivity index (χ0) is 20.5. The van der Waals surface area contributed by atoms with Crippen LogP contribution in [-0.2, 0) is 20.7 Å². The maximum atomic E-state index is 13.5. The van der Waals surface area contributed by atoms with E-state index in [0.717, 1.165) is 5.56 Å². The normalized spacial score (nSPS) is 13.4. The number of rotatable bonds is 9. The molecule has 0 bridgehead atoms. The van der Waals surface area contributed by atoms with Gasteiger partial charge in [-0.2, -0.15) is 13.2 Å². The number of nitrogens with one attached hydrogen (secondary N) is 2. The number of hydrogen-bond donors (Lipinski definition) is 2. The lowest BCUT2D eigenvalue weighted by Gasteiger charge is -2.33. The number of benzene rings is 1. The molecule has 0 saturated carbocycles. The van der Waals surface area contributed by atoms with Crippen molar-refractivity contribution in [3.8, 4) is 5.75 Å². The number of carbonyl (C=O) groups is 2. The Labute approximate surface area is 155 Å². The van der Waals surface area contributed by atoms with E-state index in [1.54, 1.807) is 29.6 Å². The predicted octanol–water partition coefficient (Wildman–Crippen LogP) is 2.40. The summed E-state index contributed by atoms with van der Waals surface area (Å²) in [5.41, 5.74) is -2.73. The van der Waals surface area contributed by atoms with Crippen LogP contribution in [0.5, 0.6) is 5.75 Å². The molecule has 0 heterocycles. The van der Waals surface area contributed by atoms with Crippen molar-refractivity contribution in [2.45, 2.75) is 32.2 Å². The number of hydrogen-bond acceptors (Lipinski definition) is 5. The molecule has 0 spiro atoms. The van der Waals surface area contributed by atoms with E-state index in [1.165, 1.54) is 21.0 Å². The quantitative estimate of drug-likeness (QED) is 0.498. The van der Waals surface area contributed by atoms with Crippen molar-refractivity contribution in [3.63, 3.8) is 0 Å². The van der Waals surface area contributed by atoms with Crippen LogP contribution in [0.4, 0.5) is 18.0 Å². The zero-order valence-corrected chi connectivity index (χ0v) is 15.3. The number of carbonyl (C=O) groups excluding carboxylic acids is 2. The molecular weight excluding hydrogens is 369 g/mol. The van der Waals surface area contributed by atoms with Gasteiger partial charge in [0.25, 0.3) is 0 Å². The van der Waals surface area contributed by atoms with Crippen molar-refractivity contribution in [2.24, 2.45) is 0 Å². The van der Waals surface area contributed by atoms with Crippen LogP contribution in [0.25, 0.3) is 0 Å². The van der Waals surface area contributed by atoms with Crippen LogP contribution in [0.2, 0.25) is 0 Å². The van der Waals surface area contributed by atoms with Crippen LogP contribution in [0, 0.1) is 0 Å². The van der Waals surface area contributed by atoms with Crippen LogP contribution in [0.3, 0.4) is 0 Å². The molecule has 1 atom stereocenters. The highest BCUT2D eigenvalue weighted by atomic mass is 19.4. The Morgan fingerprint density at radius 2 is 1.70 bits per heavy atom. The smallest absolute Gasteiger partial charge is 0.448 e. The standard InChI is InChI=1S/C17H23F3N2O5/c1-4-26-14(23)16(27-5-2,17(18,19)20)22-15(24)21-11-10-12-6-8-13(25-3)9-7-12/h6-9H,4-5,10-11H2,1-3H3,(H2,21,22,24)/t16-/m0/s1. The summed E-state index contributed by atoms with van der Waals surface area (Å²) in [6, 6.07) is 5.76. The third-order valence-electron chi connectivity index (χ3n) is 3.47. The molecule has 0 saturated heterocycles. The van der Waals surface area contributed by atoms with Gasteiger partial charge in [-0.1, -0.05) is 12.1 Å². The van der Waals surface area contributed by atoms with Crippen molar-refractivity contribution in [2.75, 3.05) is 26.9 Å². The fourth-order valence-corrected chi connectivity index (χ4v) is 2.18. The van der Waals surface area contributed by atoms with Gasteiger partial charge >= 0.3 is 23.9 Å². The van der Waals surface area contributed by atoms with Gasteiger partial charge in [0.15, 0.2) is 0 Å². The van der Waals surface area contributed by atoms with E-state index in [0.29, 0.717) is 12.2 Å². The maximum absolute atomic E-state index is 13.5. The van der Waals surface area contributed by atoms with Gasteiger partial charge in [-0.15, -0.1) is 0 Å². The van der Waals surface area contributed by atoms with E-state index in [-0.39, 0.29) is 13.2 Å². The van der Waals surface area contributed by atoms with Gasteiger partial charge in [-0.3, -0.25) is 5.32 Å². The average molecular weight is 392 g/mol. The van der Waals surface area contributed by atoms with Crippen LogP contribution in [-0.4, -0.2) is 50.8 Å². The van der Waals surface area contributed by atoms with E-state index < -0.39 is 30.5 Å². The Hall–Kier alpha value is -2.49. The Bertz CT molecular complexity index is 622. The minimum atomic E-state index is -5.21. The van der Waals surface area contributed by atoms with Gasteiger partial charge in [0.1, 0.15) is 5.75 Å². The van der Waals surface area contributed by atoms with Gasteiger partial charge < -0.3 is 19.5 Å². The Balaban J connectivity index is 2.75. The summed E-state index contributed by atoms with van der Waals surface area (Å²) in [6.07, 6.45) is -4.84. The van der Waals surface area contributed by atoms with E-state index in [2.05, 4.69) is 14.8 Å². The molecule has 0 radical (unpaired) electrons. The topological polar surface area (TPSA) is 85.9 Å². The second-order valence-electron chi connectivity index (χ2n) is 5.31. The molecule has 1 aromatic rings. The molecular formula is C17H23F3N2O5. The fraction of sp³-hybridized carbons (Fsp3) is 0.529. The molecule has 0 aliphatic carbocycles. The first-order chi connectivity index (χ1) is 12.7. The van der Waals surface area contributed by atoms with Crippen LogP contribution >= 0.6 is 0 Å². The number of alkyl halides is 3. The maximum Gasteiger partial charge on any atom is 0.448 e. The highest BCUT2D eigenvalue weighted by molar-refractivity contribution is 5.87. The number of methoxy groups -OCH3 is 1. The third-order valence-corrected chi connectivity index (χ3v) is 3.47. The predicted molar refractivity (Wildman–Crippen MR) is 90.3 cm³/mol. The molecule has 0 aliphatic heterocycles. The summed E-state index contributed by atoms with van der Waals surface area (Å²) in [6.45, 7) is 1.89. The highest BCUT2D eigenvalue weighted by Gasteiger charge is 2.64. The largest absolute Gasteiger partial charge is 0.497 e. The molecule has 0 fully saturated rings. The van der Waals surface area contributed by atoms with Gasteiger partial charge in [-0.05, 0) is 38.0 Å². The molecule has 0 aliphatic rings. The summed E-state index contributed by atoms with van der Waals surface area (Å²) < 4.78 is 54.5. The van der Waals surface area contributed by atoms with Crippen molar-refractivity contribution in [1.82, 2.24) is 10.6 Å². The molecule has 27 heavy (non-hydrogen) atoms. The second-order valence-corrected chi connectivity index (χ2v) is 5.31. The molecule has 1 aromatic carbocycles. The summed E-state index contributed by atoms with van der Waals surface area (Å²) >= 11 is 0. The lowest BCUT2D eigenvalue weighted by molar-refractivity contribution is -0.283. The first-order valence-corrected chi connectivity index (χ1v) is 8.27. The van der Waals surface area contributed by atoms with Crippen molar-refractivity contribution < 1.29 is 37.0 Å². The summed E-state index contributed by atoms with van der Waals surface area (Å²) in [5.74, 6) is -1.07. The lowest BCUT2D eigenvalue weighted by atomic mass is 10.1. The summed E-state index contributed by atoms with van der Waals surface area (Å²) in [7, 11) is 1.52. The minimum absolute atomic E-state index is 0.0427. The number of halogens is 3. The number of urea groups is 1. The molecule has 10 heteroatoms. The number of esters is 1. The summed E-state index contributed by atoms with van der Waals surface area (Å²) in [4.78, 5) is 23.8. The first-order valence-electron chi connectivity index (χ1n) is 8.27. The van der Waals surface area contributed by atoms with Crippen LogP contribution < -0.4 is 15.4 Å². The van der Waals surface area contributed by atoms with Crippen LogP contribution in [0.1, 0.15) is 19.4 Å². The molecule has 0 aromatic heterocycles. The van der Waals surface area contributed by atoms with Crippen LogP contribution in [0.15, 0.2) is 24.3 Å². The molecule has 1 rings (SSSR count). The molecule has 7 nitrogen and oxygen atoms in total. The molecule has 0 unspecified atom stereocenters. The molecule has 2 N–H and O–H groups in total. The Kier molecular flexibility index (Phi) is 8.35. The van der Waals surface area contributed by atoms with Gasteiger partial charge in [0, 0.05) is 13.2 Å². The Morgan fingerprint density at radius 1 is 1.07 bits per heavy atom. The minimum Gasteiger partial charge on any atom is -0.497 e. The second kappa shape index (κ2) is 10.0. The number of amides is 2. The third kappa shape index (κ3) is 6.02. The summed E-state index contributed by atoms with van der Waals surface area (Å²) in [5, 5.41) is 3.84. The molecule has 152 valence electrons. The fourth-order valence-electron chi connectivity index (χ4n) is 2.18. The van der Waals surface area contributed by atoms with E-state index in [4.69, 9.17) is 4.74 Å². The van der Waals surface area contributed by atoms with E-state index in [9.17, 15) is 22.8 Å². The monoisotopic (exact) mass is 392 g/mol. The number of ether oxygens (including phenoxy) is 3. The van der Waals surface area contributed by atoms with Crippen molar-refractivity contribution >= 4 is 12.0 Å². The Morgan fingerprint density at radius 3 is 2.19 bits per heavy atom. The first kappa shape index (κ1) is 22.6. The lowest BCUT2D eigenvalue weighted by Crippen LogP contribution is -2.67. The highest BCUT2D eigenvalue weighted by Crippen LogP contribution is 2.33. The van der Waals surface area contributed by atoms with Gasteiger partial charge in [-0.25, -0.2) is 9.59 Å². The van der Waals surface area contributed by atoms with Crippen molar-refractivity contribution in [3.05, 3.63) is 29.8 Å². The SMILES string of the molecule is CCOC(=O)[C@](NC(=O)NCCc1ccc(OC)cc1)(OCC)C(F)(F)F. The molecule has 2 amide bonds. The average Bonchev–Trinajstić information content (AvgIpc) is 2.61. The zero-order valence-electron chi connectivity index (χ0n) is 15.3. The van der Waals surface area contributed by atoms with Gasteiger partial charge in [0.2, 0.25) is 0 Å². The van der Waals surface area contributed by atoms with E-state index in [1.807, 2.05) is 0 Å². The van der Waals surface area contributed by atoms with E-state index >= 15 is 0 Å².